The molecule has 1 N–H and O–H groups in total. The first kappa shape index (κ1) is 15.1. The van der Waals surface area contributed by atoms with Crippen LogP contribution in [-0.4, -0.2) is 37.5 Å². The molecule has 4 nitrogen and oxygen atoms in total. The van der Waals surface area contributed by atoms with Crippen LogP contribution in [0.25, 0.3) is 0 Å². The Kier molecular flexibility index (Phi) is 5.65. The van der Waals surface area contributed by atoms with Crippen molar-refractivity contribution in [1.29, 1.82) is 0 Å². The molecular weight excluding hydrogens is 252 g/mol. The minimum Gasteiger partial charge on any atom is -0.466 e. The smallest absolute Gasteiger partial charge is 0.220 e. The molecule has 0 aromatic carbocycles. The average molecular weight is 278 g/mol. The van der Waals surface area contributed by atoms with Crippen LogP contribution in [0.1, 0.15) is 37.2 Å². The number of nitrogens with zero attached hydrogens (tertiary/aromatic N) is 1. The van der Waals surface area contributed by atoms with Gasteiger partial charge in [-0.15, -0.1) is 0 Å². The Balaban J connectivity index is 1.58. The minimum atomic E-state index is 0.168. The number of carbonyl (C=O) groups is 1. The van der Waals surface area contributed by atoms with E-state index >= 15 is 0 Å². The SMILES string of the molecule is Cc1ccc(CCNC(=O)CCC2CCCN(C)C2)o1. The van der Waals surface area contributed by atoms with Crippen molar-refractivity contribution < 1.29 is 9.21 Å². The van der Waals surface area contributed by atoms with E-state index in [1.54, 1.807) is 0 Å². The van der Waals surface area contributed by atoms with Crippen LogP contribution in [-0.2, 0) is 11.2 Å². The van der Waals surface area contributed by atoms with E-state index in [0.717, 1.165) is 30.9 Å². The maximum absolute atomic E-state index is 11.8. The number of carbonyl (C=O) groups excluding carboxylic acids is 1. The van der Waals surface area contributed by atoms with Crippen LogP contribution >= 0.6 is 0 Å². The lowest BCUT2D eigenvalue weighted by molar-refractivity contribution is -0.121. The largest absolute Gasteiger partial charge is 0.466 e. The molecule has 0 bridgehead atoms. The Morgan fingerprint density at radius 1 is 1.50 bits per heavy atom. The van der Waals surface area contributed by atoms with E-state index in [1.807, 2.05) is 19.1 Å². The Hall–Kier alpha value is -1.29. The van der Waals surface area contributed by atoms with Crippen molar-refractivity contribution >= 4 is 5.91 Å². The van der Waals surface area contributed by atoms with Crippen LogP contribution in [0.15, 0.2) is 16.5 Å². The van der Waals surface area contributed by atoms with Crippen LogP contribution < -0.4 is 5.32 Å². The number of hydrogen-bond acceptors (Lipinski definition) is 3. The van der Waals surface area contributed by atoms with Gasteiger partial charge in [0.25, 0.3) is 0 Å². The predicted octanol–water partition coefficient (Wildman–Crippen LogP) is 2.37. The van der Waals surface area contributed by atoms with Crippen LogP contribution in [0.3, 0.4) is 0 Å². The highest BCUT2D eigenvalue weighted by Crippen LogP contribution is 2.19. The van der Waals surface area contributed by atoms with E-state index in [9.17, 15) is 4.79 Å². The first-order valence-electron chi connectivity index (χ1n) is 7.64. The highest BCUT2D eigenvalue weighted by Gasteiger charge is 2.17. The molecule has 20 heavy (non-hydrogen) atoms. The molecule has 0 spiro atoms. The molecule has 1 aliphatic heterocycles. The zero-order chi connectivity index (χ0) is 14.4. The van der Waals surface area contributed by atoms with Crippen LogP contribution in [0, 0.1) is 12.8 Å². The Bertz CT molecular complexity index is 428. The van der Waals surface area contributed by atoms with Crippen molar-refractivity contribution in [2.45, 2.75) is 39.0 Å². The zero-order valence-corrected chi connectivity index (χ0v) is 12.7. The molecule has 1 amide bonds. The van der Waals surface area contributed by atoms with Gasteiger partial charge in [0.1, 0.15) is 11.5 Å². The molecule has 1 atom stereocenters. The van der Waals surface area contributed by atoms with Gasteiger partial charge in [0.15, 0.2) is 0 Å². The third kappa shape index (κ3) is 5.00. The quantitative estimate of drug-likeness (QED) is 0.869. The van der Waals surface area contributed by atoms with Crippen molar-refractivity contribution in [3.05, 3.63) is 23.7 Å². The monoisotopic (exact) mass is 278 g/mol. The van der Waals surface area contributed by atoms with Gasteiger partial charge in [0, 0.05) is 25.9 Å². The molecular formula is C16H26N2O2. The van der Waals surface area contributed by atoms with E-state index in [0.29, 0.717) is 18.9 Å². The second kappa shape index (κ2) is 7.48. The summed E-state index contributed by atoms with van der Waals surface area (Å²) in [5, 5.41) is 2.98. The molecule has 2 heterocycles. The molecule has 0 aliphatic carbocycles. The van der Waals surface area contributed by atoms with Gasteiger partial charge in [-0.05, 0) is 57.8 Å². The highest BCUT2D eigenvalue weighted by molar-refractivity contribution is 5.75. The van der Waals surface area contributed by atoms with E-state index in [2.05, 4.69) is 17.3 Å². The third-order valence-corrected chi connectivity index (χ3v) is 3.99. The predicted molar refractivity (Wildman–Crippen MR) is 79.6 cm³/mol. The van der Waals surface area contributed by atoms with Gasteiger partial charge in [0.2, 0.25) is 5.91 Å². The molecule has 1 unspecified atom stereocenters. The lowest BCUT2D eigenvalue weighted by Gasteiger charge is -2.29. The fraction of sp³-hybridized carbons (Fsp3) is 0.688. The third-order valence-electron chi connectivity index (χ3n) is 3.99. The Morgan fingerprint density at radius 3 is 3.05 bits per heavy atom. The maximum Gasteiger partial charge on any atom is 0.220 e. The van der Waals surface area contributed by atoms with Crippen LogP contribution in [0.4, 0.5) is 0 Å². The zero-order valence-electron chi connectivity index (χ0n) is 12.7. The summed E-state index contributed by atoms with van der Waals surface area (Å²) in [5.74, 6) is 2.72. The number of amides is 1. The van der Waals surface area contributed by atoms with Gasteiger partial charge >= 0.3 is 0 Å². The standard InChI is InChI=1S/C16H26N2O2/c1-13-5-7-15(20-13)9-10-17-16(19)8-6-14-4-3-11-18(2)12-14/h5,7,14H,3-4,6,8-12H2,1-2H3,(H,17,19). The Morgan fingerprint density at radius 2 is 2.35 bits per heavy atom. The molecule has 0 radical (unpaired) electrons. The fourth-order valence-electron chi connectivity index (χ4n) is 2.88. The van der Waals surface area contributed by atoms with Crippen LogP contribution in [0.2, 0.25) is 0 Å². The summed E-state index contributed by atoms with van der Waals surface area (Å²) in [6.45, 7) is 4.93. The maximum atomic E-state index is 11.8. The molecule has 1 saturated heterocycles. The summed E-state index contributed by atoms with van der Waals surface area (Å²) >= 11 is 0. The van der Waals surface area contributed by atoms with Gasteiger partial charge in [-0.3, -0.25) is 4.79 Å². The highest BCUT2D eigenvalue weighted by atomic mass is 16.3. The van der Waals surface area contributed by atoms with Gasteiger partial charge in [-0.2, -0.15) is 0 Å². The molecule has 4 heteroatoms. The van der Waals surface area contributed by atoms with Crippen molar-refractivity contribution in [1.82, 2.24) is 10.2 Å². The molecule has 112 valence electrons. The first-order chi connectivity index (χ1) is 9.63. The number of likely N-dealkylation sites (tertiary alicyclic amines) is 1. The van der Waals surface area contributed by atoms with E-state index < -0.39 is 0 Å². The second-order valence-electron chi connectivity index (χ2n) is 5.92. The molecule has 1 aliphatic rings. The summed E-state index contributed by atoms with van der Waals surface area (Å²) in [6.07, 6.45) is 4.96. The first-order valence-corrected chi connectivity index (χ1v) is 7.64. The number of nitrogens with one attached hydrogen (secondary N) is 1. The molecule has 2 rings (SSSR count). The van der Waals surface area contributed by atoms with Gasteiger partial charge in [-0.1, -0.05) is 0 Å². The van der Waals surface area contributed by atoms with Crippen molar-refractivity contribution in [2.24, 2.45) is 5.92 Å². The topological polar surface area (TPSA) is 45.5 Å². The lowest BCUT2D eigenvalue weighted by Crippen LogP contribution is -2.33. The van der Waals surface area contributed by atoms with Crippen molar-refractivity contribution in [3.63, 3.8) is 0 Å². The van der Waals surface area contributed by atoms with Gasteiger partial charge < -0.3 is 14.6 Å². The summed E-state index contributed by atoms with van der Waals surface area (Å²) in [5.41, 5.74) is 0. The molecule has 1 aromatic heterocycles. The summed E-state index contributed by atoms with van der Waals surface area (Å²) < 4.78 is 5.48. The van der Waals surface area contributed by atoms with Crippen molar-refractivity contribution in [3.8, 4) is 0 Å². The second-order valence-corrected chi connectivity index (χ2v) is 5.92. The van der Waals surface area contributed by atoms with Gasteiger partial charge in [-0.25, -0.2) is 0 Å². The average Bonchev–Trinajstić information content (AvgIpc) is 2.82. The number of rotatable bonds is 6. The van der Waals surface area contributed by atoms with E-state index in [-0.39, 0.29) is 5.91 Å². The number of furan rings is 1. The number of piperidine rings is 1. The van der Waals surface area contributed by atoms with Crippen molar-refractivity contribution in [2.75, 3.05) is 26.7 Å². The lowest BCUT2D eigenvalue weighted by atomic mass is 9.93. The summed E-state index contributed by atoms with van der Waals surface area (Å²) in [4.78, 5) is 14.2. The van der Waals surface area contributed by atoms with Crippen LogP contribution in [0.5, 0.6) is 0 Å². The molecule has 1 fully saturated rings. The van der Waals surface area contributed by atoms with Gasteiger partial charge in [0.05, 0.1) is 0 Å². The normalized spacial score (nSPS) is 20.0. The van der Waals surface area contributed by atoms with E-state index in [4.69, 9.17) is 4.42 Å². The minimum absolute atomic E-state index is 0.168. The molecule has 0 saturated carbocycles. The summed E-state index contributed by atoms with van der Waals surface area (Å²) in [7, 11) is 2.16. The summed E-state index contributed by atoms with van der Waals surface area (Å²) in [6, 6.07) is 3.93. The molecule has 1 aromatic rings. The number of hydrogen-bond donors (Lipinski definition) is 1. The number of aryl methyl sites for hydroxylation is 1. The van der Waals surface area contributed by atoms with E-state index in [1.165, 1.54) is 19.4 Å². The fourth-order valence-corrected chi connectivity index (χ4v) is 2.88. The Labute approximate surface area is 121 Å².